The molecule has 162 valence electrons. The number of benzene rings is 2. The van der Waals surface area contributed by atoms with Crippen molar-refractivity contribution in [2.24, 2.45) is 11.8 Å². The van der Waals surface area contributed by atoms with Crippen LogP contribution in [0.3, 0.4) is 0 Å². The molecular weight excluding hydrogens is 406 g/mol. The monoisotopic (exact) mass is 429 g/mol. The molecule has 2 aromatic rings. The van der Waals surface area contributed by atoms with E-state index in [0.29, 0.717) is 5.56 Å². The average Bonchev–Trinajstić information content (AvgIpc) is 3.40. The number of likely N-dealkylation sites (tertiary alicyclic amines) is 1. The van der Waals surface area contributed by atoms with Gasteiger partial charge >= 0.3 is 0 Å². The standard InChI is InChI=1S/C26H23NO5/c28-22-17-13-7-8-14-18(17)23(29)26(22)20-19(21(32-26)15-9-3-1-4-10-15)24(30)27(25(20)31)16-11-5-2-6-12-16/h1,3-4,7-10,13-14,16,19-21H,2,5-6,11-12H2/t19-,20-,21+/m1/s1. The summed E-state index contributed by atoms with van der Waals surface area (Å²) in [6.07, 6.45) is 3.72. The predicted octanol–water partition coefficient (Wildman–Crippen LogP) is 3.51. The van der Waals surface area contributed by atoms with Crippen molar-refractivity contribution in [3.8, 4) is 0 Å². The first-order chi connectivity index (χ1) is 15.6. The number of imide groups is 1. The van der Waals surface area contributed by atoms with Crippen molar-refractivity contribution in [2.75, 3.05) is 0 Å². The number of rotatable bonds is 2. The molecular formula is C26H23NO5. The molecule has 0 unspecified atom stereocenters. The molecule has 2 aliphatic heterocycles. The van der Waals surface area contributed by atoms with Crippen LogP contribution in [-0.2, 0) is 14.3 Å². The van der Waals surface area contributed by atoms with Crippen molar-refractivity contribution in [3.05, 3.63) is 71.3 Å². The molecule has 2 aliphatic carbocycles. The smallest absolute Gasteiger partial charge is 0.237 e. The summed E-state index contributed by atoms with van der Waals surface area (Å²) in [4.78, 5) is 56.2. The third-order valence-corrected chi connectivity index (χ3v) is 7.62. The molecule has 1 spiro atoms. The molecule has 4 aliphatic rings. The Labute approximate surface area is 185 Å². The molecule has 2 aromatic carbocycles. The van der Waals surface area contributed by atoms with Gasteiger partial charge in [-0.2, -0.15) is 0 Å². The van der Waals surface area contributed by atoms with Crippen LogP contribution < -0.4 is 0 Å². The van der Waals surface area contributed by atoms with E-state index in [2.05, 4.69) is 0 Å². The van der Waals surface area contributed by atoms with Crippen molar-refractivity contribution >= 4 is 23.4 Å². The van der Waals surface area contributed by atoms with E-state index >= 15 is 0 Å². The van der Waals surface area contributed by atoms with Gasteiger partial charge in [0.1, 0.15) is 0 Å². The lowest BCUT2D eigenvalue weighted by atomic mass is 9.77. The van der Waals surface area contributed by atoms with Crippen LogP contribution in [0.2, 0.25) is 0 Å². The number of ether oxygens (including phenoxy) is 1. The van der Waals surface area contributed by atoms with Crippen molar-refractivity contribution < 1.29 is 23.9 Å². The van der Waals surface area contributed by atoms with Gasteiger partial charge in [0.25, 0.3) is 0 Å². The molecule has 6 nitrogen and oxygen atoms in total. The lowest BCUT2D eigenvalue weighted by Gasteiger charge is -2.33. The van der Waals surface area contributed by atoms with Gasteiger partial charge in [-0.1, -0.05) is 73.9 Å². The van der Waals surface area contributed by atoms with E-state index in [1.807, 2.05) is 30.3 Å². The number of carbonyl (C=O) groups excluding carboxylic acids is 4. The highest BCUT2D eigenvalue weighted by Crippen LogP contribution is 2.57. The summed E-state index contributed by atoms with van der Waals surface area (Å²) in [6, 6.07) is 15.5. The number of carbonyl (C=O) groups is 4. The first-order valence-electron chi connectivity index (χ1n) is 11.3. The summed E-state index contributed by atoms with van der Waals surface area (Å²) in [5.41, 5.74) is -0.740. The maximum absolute atomic E-state index is 13.8. The zero-order chi connectivity index (χ0) is 22.0. The maximum atomic E-state index is 13.8. The highest BCUT2D eigenvalue weighted by atomic mass is 16.5. The Bertz CT molecular complexity index is 1110. The second-order valence-electron chi connectivity index (χ2n) is 9.23. The number of amides is 2. The number of nitrogens with zero attached hydrogens (tertiary/aromatic N) is 1. The largest absolute Gasteiger partial charge is 0.349 e. The summed E-state index contributed by atoms with van der Waals surface area (Å²) in [5, 5.41) is 0. The maximum Gasteiger partial charge on any atom is 0.237 e. The van der Waals surface area contributed by atoms with Crippen LogP contribution in [0.5, 0.6) is 0 Å². The molecule has 2 saturated heterocycles. The first kappa shape index (κ1) is 19.6. The normalized spacial score (nSPS) is 29.1. The minimum atomic E-state index is -1.97. The molecule has 1 saturated carbocycles. The number of ketones is 2. The molecule has 0 radical (unpaired) electrons. The Morgan fingerprint density at radius 3 is 1.97 bits per heavy atom. The third-order valence-electron chi connectivity index (χ3n) is 7.62. The Kier molecular flexibility index (Phi) is 4.24. The molecule has 6 heteroatoms. The van der Waals surface area contributed by atoms with Gasteiger partial charge in [-0.05, 0) is 18.4 Å². The fourth-order valence-corrected chi connectivity index (χ4v) is 6.18. The van der Waals surface area contributed by atoms with Gasteiger partial charge in [-0.15, -0.1) is 0 Å². The van der Waals surface area contributed by atoms with Crippen molar-refractivity contribution in [3.63, 3.8) is 0 Å². The van der Waals surface area contributed by atoms with Gasteiger partial charge in [0.05, 0.1) is 17.9 Å². The second kappa shape index (κ2) is 6.94. The Balaban J connectivity index is 1.51. The summed E-state index contributed by atoms with van der Waals surface area (Å²) in [6.45, 7) is 0. The molecule has 32 heavy (non-hydrogen) atoms. The number of hydrogen-bond donors (Lipinski definition) is 0. The van der Waals surface area contributed by atoms with E-state index in [1.165, 1.54) is 4.90 Å². The van der Waals surface area contributed by atoms with Gasteiger partial charge in [0, 0.05) is 17.2 Å². The molecule has 2 amide bonds. The van der Waals surface area contributed by atoms with E-state index in [-0.39, 0.29) is 23.1 Å². The van der Waals surface area contributed by atoms with E-state index < -0.39 is 41.0 Å². The first-order valence-corrected chi connectivity index (χ1v) is 11.3. The zero-order valence-corrected chi connectivity index (χ0v) is 17.5. The highest BCUT2D eigenvalue weighted by molar-refractivity contribution is 6.35. The van der Waals surface area contributed by atoms with Crippen LogP contribution in [0.25, 0.3) is 0 Å². The predicted molar refractivity (Wildman–Crippen MR) is 114 cm³/mol. The molecule has 0 N–H and O–H groups in total. The fourth-order valence-electron chi connectivity index (χ4n) is 6.18. The summed E-state index contributed by atoms with van der Waals surface area (Å²) < 4.78 is 6.28. The minimum absolute atomic E-state index is 0.170. The van der Waals surface area contributed by atoms with Crippen LogP contribution in [0.15, 0.2) is 54.6 Å². The van der Waals surface area contributed by atoms with E-state index in [0.717, 1.165) is 32.1 Å². The molecule has 0 bridgehead atoms. The zero-order valence-electron chi connectivity index (χ0n) is 17.5. The van der Waals surface area contributed by atoms with Crippen molar-refractivity contribution in [1.29, 1.82) is 0 Å². The summed E-state index contributed by atoms with van der Waals surface area (Å²) >= 11 is 0. The topological polar surface area (TPSA) is 80.8 Å². The minimum Gasteiger partial charge on any atom is -0.349 e. The molecule has 3 atom stereocenters. The van der Waals surface area contributed by atoms with E-state index in [4.69, 9.17) is 4.74 Å². The third kappa shape index (κ3) is 2.39. The van der Waals surface area contributed by atoms with Crippen LogP contribution in [0.1, 0.15) is 64.5 Å². The van der Waals surface area contributed by atoms with Gasteiger partial charge in [0.2, 0.25) is 29.0 Å². The Morgan fingerprint density at radius 1 is 0.750 bits per heavy atom. The summed E-state index contributed by atoms with van der Waals surface area (Å²) in [5.74, 6) is -3.76. The van der Waals surface area contributed by atoms with Crippen LogP contribution in [0, 0.1) is 11.8 Å². The molecule has 3 fully saturated rings. The van der Waals surface area contributed by atoms with Crippen molar-refractivity contribution in [2.45, 2.75) is 49.9 Å². The van der Waals surface area contributed by atoms with Gasteiger partial charge in [0.15, 0.2) is 0 Å². The second-order valence-corrected chi connectivity index (χ2v) is 9.23. The van der Waals surface area contributed by atoms with Crippen LogP contribution in [-0.4, -0.2) is 39.9 Å². The van der Waals surface area contributed by atoms with E-state index in [1.54, 1.807) is 24.3 Å². The van der Waals surface area contributed by atoms with Gasteiger partial charge in [-0.3, -0.25) is 24.1 Å². The number of hydrogen-bond acceptors (Lipinski definition) is 5. The Morgan fingerprint density at radius 2 is 1.34 bits per heavy atom. The van der Waals surface area contributed by atoms with Crippen molar-refractivity contribution in [1.82, 2.24) is 4.90 Å². The lowest BCUT2D eigenvalue weighted by molar-refractivity contribution is -0.148. The highest BCUT2D eigenvalue weighted by Gasteiger charge is 2.75. The number of Topliss-reactive ketones (excluding diaryl/α,β-unsaturated/α-hetero) is 2. The van der Waals surface area contributed by atoms with Gasteiger partial charge in [-0.25, -0.2) is 0 Å². The van der Waals surface area contributed by atoms with Crippen LogP contribution in [0.4, 0.5) is 0 Å². The summed E-state index contributed by atoms with van der Waals surface area (Å²) in [7, 11) is 0. The SMILES string of the molecule is O=C1[C@H]2[C@H](c3ccccc3)OC3(C(=O)c4ccccc4C3=O)[C@H]2C(=O)N1C1CCCCC1. The Hall–Kier alpha value is -3.12. The molecule has 2 heterocycles. The molecule has 6 rings (SSSR count). The quantitative estimate of drug-likeness (QED) is 0.539. The fraction of sp³-hybridized carbons (Fsp3) is 0.385. The molecule has 0 aromatic heterocycles. The lowest BCUT2D eigenvalue weighted by Crippen LogP contribution is -2.52. The van der Waals surface area contributed by atoms with Gasteiger partial charge < -0.3 is 4.74 Å². The van der Waals surface area contributed by atoms with E-state index in [9.17, 15) is 19.2 Å². The van der Waals surface area contributed by atoms with Crippen LogP contribution >= 0.6 is 0 Å². The number of fused-ring (bicyclic) bond motifs is 3. The average molecular weight is 429 g/mol.